The second-order valence-electron chi connectivity index (χ2n) is 32.0. The van der Waals surface area contributed by atoms with Crippen LogP contribution in [0, 0.1) is 0 Å². The fourth-order valence-electron chi connectivity index (χ4n) is 17.0. The van der Waals surface area contributed by atoms with Gasteiger partial charge in [-0.3, -0.25) is 19.3 Å². The Hall–Kier alpha value is -12.8. The van der Waals surface area contributed by atoms with Gasteiger partial charge in [0.05, 0.1) is 34.3 Å². The van der Waals surface area contributed by atoms with Crippen LogP contribution < -0.4 is 42.0 Å². The number of ether oxygens (including phenoxy) is 5. The van der Waals surface area contributed by atoms with Crippen LogP contribution in [0.4, 0.5) is 17.5 Å². The van der Waals surface area contributed by atoms with E-state index in [-0.39, 0.29) is 35.8 Å². The molecule has 0 bridgehead atoms. The number of anilines is 3. The van der Waals surface area contributed by atoms with Gasteiger partial charge in [-0.2, -0.15) is 15.3 Å². The largest absolute Gasteiger partial charge is 0.457 e. The molecule has 6 fully saturated rings. The highest BCUT2D eigenvalue weighted by molar-refractivity contribution is 6.01. The average Bonchev–Trinajstić information content (AvgIpc) is 1.63. The number of hydrogen-bond donors (Lipinski definition) is 5. The Morgan fingerprint density at radius 3 is 1.13 bits per heavy atom. The molecule has 3 atom stereocenters. The third-order valence-electron chi connectivity index (χ3n) is 23.7. The Bertz CT molecular complexity index is 5600. The molecule has 0 radical (unpaired) electrons. The summed E-state index contributed by atoms with van der Waals surface area (Å²) in [7, 11) is 2.11. The first-order chi connectivity index (χ1) is 60.4. The van der Waals surface area contributed by atoms with Crippen molar-refractivity contribution in [2.45, 2.75) is 126 Å². The highest BCUT2D eigenvalue weighted by Gasteiger charge is 2.34. The van der Waals surface area contributed by atoms with Crippen molar-refractivity contribution in [3.05, 3.63) is 219 Å². The number of nitrogen functional groups attached to an aromatic ring is 3. The molecule has 1 saturated carbocycles. The monoisotopic (exact) mass is 1660 g/mol. The van der Waals surface area contributed by atoms with Crippen LogP contribution in [-0.4, -0.2) is 207 Å². The van der Waals surface area contributed by atoms with Crippen molar-refractivity contribution in [1.29, 1.82) is 0 Å². The van der Waals surface area contributed by atoms with Gasteiger partial charge in [-0.25, -0.2) is 43.9 Å². The van der Waals surface area contributed by atoms with E-state index in [1.165, 1.54) is 51.1 Å². The van der Waals surface area contributed by atoms with Gasteiger partial charge >= 0.3 is 0 Å². The Kier molecular flexibility index (Phi) is 27.7. The maximum Gasteiger partial charge on any atom is 0.246 e. The van der Waals surface area contributed by atoms with E-state index in [9.17, 15) is 14.4 Å². The van der Waals surface area contributed by atoms with Crippen LogP contribution >= 0.6 is 0 Å². The third kappa shape index (κ3) is 21.0. The van der Waals surface area contributed by atoms with Crippen LogP contribution in [0.1, 0.15) is 108 Å². The van der Waals surface area contributed by atoms with Crippen molar-refractivity contribution in [2.24, 2.45) is 0 Å². The van der Waals surface area contributed by atoms with Gasteiger partial charge in [-0.15, -0.1) is 0 Å². The van der Waals surface area contributed by atoms with Gasteiger partial charge in [0.2, 0.25) is 17.7 Å². The summed E-state index contributed by atoms with van der Waals surface area (Å²) in [4.78, 5) is 73.5. The SMILES string of the molecule is CN(C/C=C/C(=O)N1CCC[C@@H](n2nc(-c3ccc(Oc4ccccc4)cc3)c3c(N)ncnc32)C1)C1CCOCC1.Nc1ncnc2c1c(-c1ccc(Oc3ccccc3)cc1)nn2[C@@H]1CCCN(C(=O)/C=C/CNC2CCOCC2)C1.Nc1ncnc2c1c(-c1ccc(Oc3ccccc3)cc1)nn2[C@@H]1CCN(C(=O)/C=C/CNC2CCCCC2)C1. The number of benzene rings is 6. The summed E-state index contributed by atoms with van der Waals surface area (Å²) < 4.78 is 34.5. The van der Waals surface area contributed by atoms with Gasteiger partial charge in [0.1, 0.15) is 88.0 Å². The lowest BCUT2D eigenvalue weighted by Gasteiger charge is -2.32. The van der Waals surface area contributed by atoms with E-state index in [0.29, 0.717) is 107 Å². The summed E-state index contributed by atoms with van der Waals surface area (Å²) >= 11 is 0. The number of rotatable bonds is 24. The number of nitrogens with zero attached hydrogens (tertiary/aromatic N) is 16. The topological polar surface area (TPSA) is 343 Å². The molecule has 11 heterocycles. The zero-order chi connectivity index (χ0) is 84.2. The first kappa shape index (κ1) is 83.8. The number of fused-ring (bicyclic) bond motifs is 3. The van der Waals surface area contributed by atoms with E-state index < -0.39 is 0 Å². The lowest BCUT2D eigenvalue weighted by atomic mass is 9.95. The number of hydrogen-bond acceptors (Lipinski definition) is 23. The van der Waals surface area contributed by atoms with Crippen molar-refractivity contribution in [3.8, 4) is 68.3 Å². The molecule has 1 aliphatic carbocycles. The normalized spacial score (nSPS) is 18.2. The molecule has 12 aromatic rings. The zero-order valence-corrected chi connectivity index (χ0v) is 69.5. The van der Waals surface area contributed by atoms with E-state index >= 15 is 0 Å². The van der Waals surface area contributed by atoms with Gasteiger partial charge < -0.3 is 66.2 Å². The second kappa shape index (κ2) is 40.7. The number of carbonyl (C=O) groups excluding carboxylic acids is 3. The lowest BCUT2D eigenvalue weighted by Crippen LogP contribution is -2.40. The lowest BCUT2D eigenvalue weighted by molar-refractivity contribution is -0.128. The molecule has 8 N–H and O–H groups in total. The molecular formula is C94H107N21O8. The van der Waals surface area contributed by atoms with E-state index in [0.717, 1.165) is 173 Å². The number of nitrogens with two attached hydrogens (primary N) is 3. The predicted octanol–water partition coefficient (Wildman–Crippen LogP) is 14.2. The average molecular weight is 1660 g/mol. The fraction of sp³-hybridized carbons (Fsp3) is 0.362. The molecule has 0 spiro atoms. The maximum absolute atomic E-state index is 13.2. The molecule has 6 aromatic heterocycles. The van der Waals surface area contributed by atoms with Gasteiger partial charge in [0, 0.05) is 138 Å². The number of carbonyl (C=O) groups is 3. The summed E-state index contributed by atoms with van der Waals surface area (Å²) in [6.07, 6.45) is 30.2. The highest BCUT2D eigenvalue weighted by Crippen LogP contribution is 2.40. The van der Waals surface area contributed by atoms with Crippen LogP contribution in [0.2, 0.25) is 0 Å². The molecule has 636 valence electrons. The number of likely N-dealkylation sites (N-methyl/N-ethyl adjacent to an activating group) is 1. The summed E-state index contributed by atoms with van der Waals surface area (Å²) in [6.45, 7) is 9.15. The van der Waals surface area contributed by atoms with Crippen LogP contribution in [0.15, 0.2) is 219 Å². The molecule has 29 nitrogen and oxygen atoms in total. The fourth-order valence-corrected chi connectivity index (χ4v) is 17.0. The first-order valence-corrected chi connectivity index (χ1v) is 43.0. The van der Waals surface area contributed by atoms with Crippen molar-refractivity contribution >= 4 is 68.3 Å². The molecule has 3 amide bonds. The van der Waals surface area contributed by atoms with Gasteiger partial charge in [-0.05, 0) is 187 Å². The summed E-state index contributed by atoms with van der Waals surface area (Å²) in [6, 6.07) is 53.8. The Labute approximate surface area is 715 Å². The molecule has 5 aliphatic heterocycles. The number of amides is 3. The van der Waals surface area contributed by atoms with Crippen LogP contribution in [0.25, 0.3) is 66.9 Å². The Morgan fingerprint density at radius 1 is 0.398 bits per heavy atom. The minimum Gasteiger partial charge on any atom is -0.457 e. The first-order valence-electron chi connectivity index (χ1n) is 43.0. The minimum absolute atomic E-state index is 0.00366. The van der Waals surface area contributed by atoms with E-state index in [4.69, 9.17) is 56.2 Å². The predicted molar refractivity (Wildman–Crippen MR) is 476 cm³/mol. The van der Waals surface area contributed by atoms with Crippen molar-refractivity contribution in [2.75, 3.05) is 110 Å². The van der Waals surface area contributed by atoms with E-state index in [1.54, 1.807) is 18.2 Å². The molecule has 6 aliphatic rings. The Morgan fingerprint density at radius 2 is 0.740 bits per heavy atom. The minimum atomic E-state index is -0.0211. The maximum atomic E-state index is 13.2. The smallest absolute Gasteiger partial charge is 0.246 e. The van der Waals surface area contributed by atoms with Crippen molar-refractivity contribution in [3.63, 3.8) is 0 Å². The Balaban J connectivity index is 0.000000137. The number of aromatic nitrogens is 12. The van der Waals surface area contributed by atoms with Crippen molar-refractivity contribution in [1.82, 2.24) is 89.5 Å². The molecule has 18 rings (SSSR count). The third-order valence-corrected chi connectivity index (χ3v) is 23.7. The number of likely N-dealkylation sites (tertiary alicyclic amines) is 3. The summed E-state index contributed by atoms with van der Waals surface area (Å²) in [5.74, 6) is 5.73. The van der Waals surface area contributed by atoms with Gasteiger partial charge in [0.15, 0.2) is 16.9 Å². The number of para-hydroxylation sites is 3. The summed E-state index contributed by atoms with van der Waals surface area (Å²) in [5.41, 5.74) is 25.9. The van der Waals surface area contributed by atoms with Crippen molar-refractivity contribution < 1.29 is 38.1 Å². The highest BCUT2D eigenvalue weighted by atomic mass is 16.5. The molecule has 6 aromatic carbocycles. The molecule has 29 heteroatoms. The van der Waals surface area contributed by atoms with Gasteiger partial charge in [0.25, 0.3) is 0 Å². The van der Waals surface area contributed by atoms with Gasteiger partial charge in [-0.1, -0.05) is 92.1 Å². The number of nitrogens with one attached hydrogen (secondary N) is 2. The zero-order valence-electron chi connectivity index (χ0n) is 69.5. The molecule has 123 heavy (non-hydrogen) atoms. The molecular weight excluding hydrogens is 1550 g/mol. The quantitative estimate of drug-likeness (QED) is 0.0351. The van der Waals surface area contributed by atoms with E-state index in [2.05, 4.69) is 52.5 Å². The molecule has 0 unspecified atom stereocenters. The van der Waals surface area contributed by atoms with E-state index in [1.807, 2.05) is 211 Å². The van der Waals surface area contributed by atoms with Crippen LogP contribution in [0.3, 0.4) is 0 Å². The standard InChI is InChI=1S/C32H37N7O3.C31H35N7O3.C31H35N7O2/c1-37(24-15-19-41-20-16-24)17-6-10-28(40)38-18-5-7-25(21-38)39-32-29(31(33)34-22-35-32)30(36-39)23-11-13-27(14-12-23)42-26-8-3-2-4-9-26;32-30-28-29(22-10-12-26(13-11-22)41-25-7-2-1-3-8-25)36-38(31(28)35-21-34-30)24-6-5-17-37(20-24)27(39)9-4-16-33-23-14-18-40-19-15-23;32-30-28-29(22-13-15-26(16-14-22)40-25-10-5-2-6-11-25)36-38(31(28)35-21-34-30)24-17-19-37(20-24)27(39)12-7-18-33-23-8-3-1-4-9-23/h2-4,6,8-14,22,24-25H,5,7,15-21H2,1H3,(H2,33,34,35);1-4,7-13,21,23-24,33H,5-6,14-20H2,(H2,32,34,35);2,5-7,10-16,21,23-24,33H,1,3-4,8-9,17-20H2,(H2,32,34,35)/b10-6+;9-4+;12-7+/t25-;2*24-/m111/s1. The van der Waals surface area contributed by atoms with Crippen LogP contribution in [-0.2, 0) is 23.9 Å². The molecule has 5 saturated heterocycles. The summed E-state index contributed by atoms with van der Waals surface area (Å²) in [5, 5.41) is 24.2. The van der Waals surface area contributed by atoms with Crippen LogP contribution in [0.5, 0.6) is 34.5 Å². The number of piperidine rings is 2. The second-order valence-corrected chi connectivity index (χ2v) is 32.0.